The Kier molecular flexibility index (Phi) is 3.62. The number of aliphatic hydroxyl groups excluding tert-OH is 1. The second-order valence-electron chi connectivity index (χ2n) is 6.69. The normalized spacial score (nSPS) is 18.7. The number of piperidine rings is 1. The summed E-state index contributed by atoms with van der Waals surface area (Å²) >= 11 is 0. The molecule has 0 spiro atoms. The molecule has 2 aromatic heterocycles. The van der Waals surface area contributed by atoms with E-state index in [4.69, 9.17) is 0 Å². The number of hydrogen-bond acceptors (Lipinski definition) is 3. The molecule has 0 radical (unpaired) electrons. The first-order chi connectivity index (χ1) is 11.2. The molecule has 0 atom stereocenters. The molecule has 0 aliphatic carbocycles. The molecule has 0 aromatic carbocycles. The quantitative estimate of drug-likeness (QED) is 0.873. The molecule has 2 aliphatic rings. The Morgan fingerprint density at radius 2 is 1.91 bits per heavy atom. The van der Waals surface area contributed by atoms with Crippen molar-refractivity contribution in [3.8, 4) is 0 Å². The van der Waals surface area contributed by atoms with Crippen molar-refractivity contribution in [3.63, 3.8) is 0 Å². The van der Waals surface area contributed by atoms with Gasteiger partial charge in [0.25, 0.3) is 0 Å². The molecule has 5 heteroatoms. The van der Waals surface area contributed by atoms with Crippen LogP contribution in [0.25, 0.3) is 5.57 Å². The van der Waals surface area contributed by atoms with Gasteiger partial charge in [-0.1, -0.05) is 5.57 Å². The third-order valence-corrected chi connectivity index (χ3v) is 5.36. The minimum absolute atomic E-state index is 0.0866. The predicted octanol–water partition coefficient (Wildman–Crippen LogP) is 1.80. The maximum Gasteiger partial charge on any atom is 0.140 e. The number of imidazole rings is 1. The molecular formula is C18H24N4O. The van der Waals surface area contributed by atoms with Gasteiger partial charge >= 0.3 is 0 Å². The average molecular weight is 312 g/mol. The van der Waals surface area contributed by atoms with E-state index in [-0.39, 0.29) is 6.61 Å². The maximum atomic E-state index is 9.66. The highest BCUT2D eigenvalue weighted by Crippen LogP contribution is 2.36. The van der Waals surface area contributed by atoms with Gasteiger partial charge < -0.3 is 19.1 Å². The number of aliphatic hydroxyl groups is 1. The fraction of sp³-hybridized carbons (Fsp3) is 0.500. The standard InChI is InChI=1S/C18H24N4O/c1-20-7-3-13(4-8-20)17-15-11-14(12-23)21(2)16(15)5-9-22-10-6-19-18(17)22/h6,10-11,23H,3-5,7-9,12H2,1-2H3. The van der Waals surface area contributed by atoms with Crippen LogP contribution in [0.4, 0.5) is 0 Å². The fourth-order valence-corrected chi connectivity index (χ4v) is 3.92. The van der Waals surface area contributed by atoms with E-state index in [9.17, 15) is 5.11 Å². The number of aromatic nitrogens is 3. The van der Waals surface area contributed by atoms with Crippen LogP contribution in [0.5, 0.6) is 0 Å². The molecule has 0 unspecified atom stereocenters. The van der Waals surface area contributed by atoms with E-state index in [0.29, 0.717) is 0 Å². The summed E-state index contributed by atoms with van der Waals surface area (Å²) in [7, 11) is 4.25. The molecule has 0 amide bonds. The third kappa shape index (κ3) is 2.35. The minimum atomic E-state index is 0.0866. The zero-order valence-corrected chi connectivity index (χ0v) is 13.9. The van der Waals surface area contributed by atoms with E-state index < -0.39 is 0 Å². The lowest BCUT2D eigenvalue weighted by molar-refractivity contribution is 0.272. The van der Waals surface area contributed by atoms with E-state index in [1.807, 2.05) is 6.20 Å². The number of rotatable bonds is 1. The summed E-state index contributed by atoms with van der Waals surface area (Å²) in [6.07, 6.45) is 7.17. The lowest BCUT2D eigenvalue weighted by atomic mass is 9.92. The highest BCUT2D eigenvalue weighted by atomic mass is 16.3. The molecule has 5 nitrogen and oxygen atoms in total. The van der Waals surface area contributed by atoms with Crippen molar-refractivity contribution >= 4 is 5.57 Å². The Morgan fingerprint density at radius 3 is 2.65 bits per heavy atom. The molecule has 2 aliphatic heterocycles. The van der Waals surface area contributed by atoms with Crippen molar-refractivity contribution < 1.29 is 5.11 Å². The zero-order chi connectivity index (χ0) is 16.0. The average Bonchev–Trinajstić information content (AvgIpc) is 3.09. The maximum absolute atomic E-state index is 9.66. The van der Waals surface area contributed by atoms with Crippen molar-refractivity contribution in [1.82, 2.24) is 19.0 Å². The number of aryl methyl sites for hydroxylation is 1. The van der Waals surface area contributed by atoms with Gasteiger partial charge in [-0.15, -0.1) is 0 Å². The monoisotopic (exact) mass is 312 g/mol. The summed E-state index contributed by atoms with van der Waals surface area (Å²) in [6, 6.07) is 2.17. The molecule has 1 fully saturated rings. The van der Waals surface area contributed by atoms with E-state index in [1.54, 1.807) is 0 Å². The lowest BCUT2D eigenvalue weighted by Gasteiger charge is -2.26. The fourth-order valence-electron chi connectivity index (χ4n) is 3.92. The first-order valence-electron chi connectivity index (χ1n) is 8.40. The highest BCUT2D eigenvalue weighted by Gasteiger charge is 2.27. The summed E-state index contributed by atoms with van der Waals surface area (Å²) in [5, 5.41) is 9.66. The molecule has 0 bridgehead atoms. The van der Waals surface area contributed by atoms with E-state index >= 15 is 0 Å². The number of nitrogens with zero attached hydrogens (tertiary/aromatic N) is 4. The zero-order valence-electron chi connectivity index (χ0n) is 13.9. The molecule has 1 saturated heterocycles. The van der Waals surface area contributed by atoms with Crippen LogP contribution in [0.15, 0.2) is 24.0 Å². The van der Waals surface area contributed by atoms with Gasteiger partial charge in [0.1, 0.15) is 5.82 Å². The minimum Gasteiger partial charge on any atom is -0.390 e. The number of likely N-dealkylation sites (tertiary alicyclic amines) is 1. The van der Waals surface area contributed by atoms with E-state index in [0.717, 1.165) is 50.4 Å². The van der Waals surface area contributed by atoms with Gasteiger partial charge in [-0.3, -0.25) is 0 Å². The summed E-state index contributed by atoms with van der Waals surface area (Å²) in [5.74, 6) is 1.10. The number of fused-ring (bicyclic) bond motifs is 2. The molecule has 4 heterocycles. The van der Waals surface area contributed by atoms with Crippen LogP contribution in [0.2, 0.25) is 0 Å². The molecule has 1 N–H and O–H groups in total. The Balaban J connectivity index is 1.92. The van der Waals surface area contributed by atoms with Crippen molar-refractivity contribution in [1.29, 1.82) is 0 Å². The summed E-state index contributed by atoms with van der Waals surface area (Å²) in [6.45, 7) is 3.24. The van der Waals surface area contributed by atoms with E-state index in [2.05, 4.69) is 45.4 Å². The third-order valence-electron chi connectivity index (χ3n) is 5.36. The van der Waals surface area contributed by atoms with Gasteiger partial charge in [0.05, 0.1) is 6.61 Å². The Labute approximate surface area is 136 Å². The van der Waals surface area contributed by atoms with Crippen LogP contribution in [-0.4, -0.2) is 44.3 Å². The largest absolute Gasteiger partial charge is 0.390 e. The first-order valence-corrected chi connectivity index (χ1v) is 8.40. The van der Waals surface area contributed by atoms with Crippen molar-refractivity contribution in [2.24, 2.45) is 7.05 Å². The van der Waals surface area contributed by atoms with E-state index in [1.165, 1.54) is 22.4 Å². The van der Waals surface area contributed by atoms with Gasteiger partial charge in [0.15, 0.2) is 0 Å². The van der Waals surface area contributed by atoms with Crippen LogP contribution in [-0.2, 0) is 26.6 Å². The Hall–Kier alpha value is -1.85. The second kappa shape index (κ2) is 5.65. The topological polar surface area (TPSA) is 46.2 Å². The predicted molar refractivity (Wildman–Crippen MR) is 90.0 cm³/mol. The van der Waals surface area contributed by atoms with Crippen LogP contribution in [0.1, 0.15) is 35.6 Å². The molecule has 4 rings (SSSR count). The van der Waals surface area contributed by atoms with Crippen molar-refractivity contribution in [2.75, 3.05) is 20.1 Å². The molecular weight excluding hydrogens is 288 g/mol. The summed E-state index contributed by atoms with van der Waals surface area (Å²) in [5.41, 5.74) is 6.41. The SMILES string of the molecule is CN1CCC(=C2c3cc(CO)n(C)c3CCn3ccnc32)CC1. The van der Waals surface area contributed by atoms with Gasteiger partial charge in [-0.25, -0.2) is 4.98 Å². The molecule has 122 valence electrons. The molecule has 23 heavy (non-hydrogen) atoms. The molecule has 2 aromatic rings. The number of hydrogen-bond donors (Lipinski definition) is 1. The lowest BCUT2D eigenvalue weighted by Crippen LogP contribution is -2.27. The van der Waals surface area contributed by atoms with Gasteiger partial charge in [-0.05, 0) is 26.0 Å². The summed E-state index contributed by atoms with van der Waals surface area (Å²) in [4.78, 5) is 7.06. The summed E-state index contributed by atoms with van der Waals surface area (Å²) < 4.78 is 4.44. The van der Waals surface area contributed by atoms with Crippen molar-refractivity contribution in [3.05, 3.63) is 46.8 Å². The first kappa shape index (κ1) is 14.7. The Morgan fingerprint density at radius 1 is 1.13 bits per heavy atom. The smallest absolute Gasteiger partial charge is 0.140 e. The van der Waals surface area contributed by atoms with Crippen molar-refractivity contribution in [2.45, 2.75) is 32.4 Å². The van der Waals surface area contributed by atoms with Crippen LogP contribution >= 0.6 is 0 Å². The highest BCUT2D eigenvalue weighted by molar-refractivity contribution is 5.81. The second-order valence-corrected chi connectivity index (χ2v) is 6.69. The van der Waals surface area contributed by atoms with Crippen LogP contribution in [0, 0.1) is 0 Å². The van der Waals surface area contributed by atoms with Gasteiger partial charge in [0, 0.05) is 68.0 Å². The van der Waals surface area contributed by atoms with Gasteiger partial charge in [-0.2, -0.15) is 0 Å². The van der Waals surface area contributed by atoms with Crippen LogP contribution in [0.3, 0.4) is 0 Å². The molecule has 0 saturated carbocycles. The Bertz CT molecular complexity index is 758. The van der Waals surface area contributed by atoms with Gasteiger partial charge in [0.2, 0.25) is 0 Å². The van der Waals surface area contributed by atoms with Crippen LogP contribution < -0.4 is 0 Å².